The Hall–Kier alpha value is -0.330. The summed E-state index contributed by atoms with van der Waals surface area (Å²) in [7, 11) is 0. The van der Waals surface area contributed by atoms with Gasteiger partial charge in [0.2, 0.25) is 0 Å². The van der Waals surface area contributed by atoms with Crippen LogP contribution in [0, 0.1) is 0 Å². The van der Waals surface area contributed by atoms with Gasteiger partial charge in [0.1, 0.15) is 0 Å². The Labute approximate surface area is 68.0 Å². The molecule has 0 aliphatic carbocycles. The molecule has 0 saturated carbocycles. The van der Waals surface area contributed by atoms with Crippen LogP contribution >= 0.6 is 0 Å². The average molecular weight is 184 g/mol. The largest absolute Gasteiger partial charge is 0.414 e. The van der Waals surface area contributed by atoms with Gasteiger partial charge in [-0.25, -0.2) is 0 Å². The summed E-state index contributed by atoms with van der Waals surface area (Å²) in [6.45, 7) is 0.110. The molecule has 0 radical (unpaired) electrons. The van der Waals surface area contributed by atoms with E-state index in [1.807, 2.05) is 0 Å². The molecule has 0 aromatic carbocycles. The zero-order valence-corrected chi connectivity index (χ0v) is 6.40. The van der Waals surface area contributed by atoms with Crippen molar-refractivity contribution in [1.82, 2.24) is 5.43 Å². The van der Waals surface area contributed by atoms with Crippen LogP contribution in [-0.4, -0.2) is 24.9 Å². The Balaban J connectivity index is 2.46. The lowest BCUT2D eigenvalue weighted by atomic mass is 10.0. The number of halogens is 3. The van der Waals surface area contributed by atoms with Gasteiger partial charge < -0.3 is 4.74 Å². The van der Waals surface area contributed by atoms with Crippen molar-refractivity contribution in [2.24, 2.45) is 5.84 Å². The normalized spacial score (nSPS) is 32.0. The number of nitrogens with one attached hydrogen (secondary N) is 1. The molecule has 0 bridgehead atoms. The van der Waals surface area contributed by atoms with E-state index in [1.54, 1.807) is 0 Å². The molecule has 1 heterocycles. The standard InChI is InChI=1S/C6H11F3N2O/c7-6(8,9)5-3-4(11-10)1-2-12-5/h4-5,11H,1-3,10H2. The highest BCUT2D eigenvalue weighted by Gasteiger charge is 2.43. The first kappa shape index (κ1) is 9.76. The van der Waals surface area contributed by atoms with Crippen LogP contribution in [0.1, 0.15) is 12.8 Å². The molecule has 6 heteroatoms. The number of ether oxygens (including phenoxy) is 1. The summed E-state index contributed by atoms with van der Waals surface area (Å²) in [4.78, 5) is 0. The maximum atomic E-state index is 12.1. The zero-order valence-electron chi connectivity index (χ0n) is 6.40. The fourth-order valence-corrected chi connectivity index (χ4v) is 1.18. The highest BCUT2D eigenvalue weighted by atomic mass is 19.4. The minimum absolute atomic E-state index is 0.0972. The summed E-state index contributed by atoms with van der Waals surface area (Å²) in [5.74, 6) is 5.04. The Bertz CT molecular complexity index is 150. The van der Waals surface area contributed by atoms with E-state index in [0.29, 0.717) is 6.42 Å². The summed E-state index contributed by atoms with van der Waals surface area (Å²) in [5, 5.41) is 0. The van der Waals surface area contributed by atoms with Gasteiger partial charge in [0, 0.05) is 12.6 Å². The maximum Gasteiger partial charge on any atom is 0.414 e. The predicted octanol–water partition coefficient (Wildman–Crippen LogP) is 0.560. The fourth-order valence-electron chi connectivity index (χ4n) is 1.18. The van der Waals surface area contributed by atoms with Crippen molar-refractivity contribution in [3.8, 4) is 0 Å². The number of alkyl halides is 3. The molecule has 3 N–H and O–H groups in total. The van der Waals surface area contributed by atoms with Crippen LogP contribution in [-0.2, 0) is 4.74 Å². The van der Waals surface area contributed by atoms with Crippen molar-refractivity contribution < 1.29 is 17.9 Å². The van der Waals surface area contributed by atoms with Gasteiger partial charge in [-0.3, -0.25) is 11.3 Å². The molecule has 0 amide bonds. The number of nitrogens with two attached hydrogens (primary N) is 1. The molecule has 1 rings (SSSR count). The van der Waals surface area contributed by atoms with Crippen LogP contribution in [0.4, 0.5) is 13.2 Å². The van der Waals surface area contributed by atoms with Gasteiger partial charge in [-0.2, -0.15) is 13.2 Å². The van der Waals surface area contributed by atoms with Crippen LogP contribution in [0.25, 0.3) is 0 Å². The molecule has 1 fully saturated rings. The van der Waals surface area contributed by atoms with Gasteiger partial charge in [0.25, 0.3) is 0 Å². The Kier molecular flexibility index (Phi) is 2.92. The summed E-state index contributed by atoms with van der Waals surface area (Å²) in [6, 6.07) is -0.287. The number of hydrogen-bond donors (Lipinski definition) is 2. The van der Waals surface area contributed by atoms with Crippen LogP contribution < -0.4 is 11.3 Å². The van der Waals surface area contributed by atoms with Gasteiger partial charge in [-0.05, 0) is 12.8 Å². The number of hydrazine groups is 1. The molecule has 2 unspecified atom stereocenters. The van der Waals surface area contributed by atoms with Crippen molar-refractivity contribution in [3.05, 3.63) is 0 Å². The summed E-state index contributed by atoms with van der Waals surface area (Å²) in [6.07, 6.45) is -5.49. The molecule has 0 aromatic rings. The highest BCUT2D eigenvalue weighted by Crippen LogP contribution is 2.29. The van der Waals surface area contributed by atoms with E-state index in [9.17, 15) is 13.2 Å². The summed E-state index contributed by atoms with van der Waals surface area (Å²) in [5.41, 5.74) is 2.33. The third-order valence-corrected chi connectivity index (χ3v) is 1.88. The van der Waals surface area contributed by atoms with E-state index < -0.39 is 12.3 Å². The molecular formula is C6H11F3N2O. The highest BCUT2D eigenvalue weighted by molar-refractivity contribution is 4.79. The van der Waals surface area contributed by atoms with Crippen LogP contribution in [0.2, 0.25) is 0 Å². The molecule has 0 aromatic heterocycles. The Morgan fingerprint density at radius 1 is 1.42 bits per heavy atom. The second-order valence-corrected chi connectivity index (χ2v) is 2.79. The molecule has 0 spiro atoms. The van der Waals surface area contributed by atoms with Crippen molar-refractivity contribution in [3.63, 3.8) is 0 Å². The van der Waals surface area contributed by atoms with Gasteiger partial charge in [0.05, 0.1) is 0 Å². The molecule has 72 valence electrons. The Morgan fingerprint density at radius 2 is 2.08 bits per heavy atom. The maximum absolute atomic E-state index is 12.1. The van der Waals surface area contributed by atoms with E-state index in [0.717, 1.165) is 0 Å². The van der Waals surface area contributed by atoms with Crippen molar-refractivity contribution in [2.75, 3.05) is 6.61 Å². The minimum Gasteiger partial charge on any atom is -0.369 e. The lowest BCUT2D eigenvalue weighted by Crippen LogP contribution is -2.47. The minimum atomic E-state index is -4.27. The van der Waals surface area contributed by atoms with E-state index >= 15 is 0 Å². The van der Waals surface area contributed by atoms with E-state index in [4.69, 9.17) is 5.84 Å². The predicted molar refractivity (Wildman–Crippen MR) is 36.1 cm³/mol. The van der Waals surface area contributed by atoms with Crippen molar-refractivity contribution >= 4 is 0 Å². The topological polar surface area (TPSA) is 47.3 Å². The second-order valence-electron chi connectivity index (χ2n) is 2.79. The van der Waals surface area contributed by atoms with Crippen molar-refractivity contribution in [1.29, 1.82) is 0 Å². The van der Waals surface area contributed by atoms with E-state index in [2.05, 4.69) is 10.2 Å². The first-order chi connectivity index (χ1) is 5.54. The quantitative estimate of drug-likeness (QED) is 0.462. The molecule has 3 nitrogen and oxygen atoms in total. The second kappa shape index (κ2) is 3.59. The van der Waals surface area contributed by atoms with Crippen LogP contribution in [0.5, 0.6) is 0 Å². The van der Waals surface area contributed by atoms with Gasteiger partial charge in [-0.1, -0.05) is 0 Å². The number of hydrogen-bond acceptors (Lipinski definition) is 3. The molecule has 1 aliphatic rings. The molecule has 1 aliphatic heterocycles. The molecule has 2 atom stereocenters. The Morgan fingerprint density at radius 3 is 2.58 bits per heavy atom. The lowest BCUT2D eigenvalue weighted by Gasteiger charge is -2.30. The first-order valence-corrected chi connectivity index (χ1v) is 3.68. The smallest absolute Gasteiger partial charge is 0.369 e. The summed E-state index contributed by atoms with van der Waals surface area (Å²) < 4.78 is 40.7. The monoisotopic (exact) mass is 184 g/mol. The third-order valence-electron chi connectivity index (χ3n) is 1.88. The SMILES string of the molecule is NNC1CCOC(C(F)(F)F)C1. The van der Waals surface area contributed by atoms with E-state index in [1.165, 1.54) is 0 Å². The molecular weight excluding hydrogens is 173 g/mol. The first-order valence-electron chi connectivity index (χ1n) is 3.68. The zero-order chi connectivity index (χ0) is 9.19. The van der Waals surface area contributed by atoms with Crippen LogP contribution in [0.3, 0.4) is 0 Å². The number of rotatable bonds is 1. The molecule has 1 saturated heterocycles. The summed E-state index contributed by atoms with van der Waals surface area (Å²) >= 11 is 0. The van der Waals surface area contributed by atoms with Gasteiger partial charge in [-0.15, -0.1) is 0 Å². The third kappa shape index (κ3) is 2.33. The van der Waals surface area contributed by atoms with E-state index in [-0.39, 0.29) is 19.1 Å². The van der Waals surface area contributed by atoms with Crippen molar-refractivity contribution in [2.45, 2.75) is 31.2 Å². The molecule has 12 heavy (non-hydrogen) atoms. The van der Waals surface area contributed by atoms with Crippen LogP contribution in [0.15, 0.2) is 0 Å². The fraction of sp³-hybridized carbons (Fsp3) is 1.00. The van der Waals surface area contributed by atoms with Gasteiger partial charge >= 0.3 is 6.18 Å². The van der Waals surface area contributed by atoms with Gasteiger partial charge in [0.15, 0.2) is 6.10 Å². The lowest BCUT2D eigenvalue weighted by molar-refractivity contribution is -0.232. The average Bonchev–Trinajstić information content (AvgIpc) is 2.03.